The van der Waals surface area contributed by atoms with E-state index in [2.05, 4.69) is 16.7 Å². The zero-order valence-electron chi connectivity index (χ0n) is 19.6. The molecule has 0 bridgehead atoms. The average molecular weight is 457 g/mol. The molecule has 0 saturated carbocycles. The Balaban J connectivity index is 1.80. The van der Waals surface area contributed by atoms with Crippen LogP contribution >= 0.6 is 0 Å². The molecule has 2 atom stereocenters. The number of likely N-dealkylation sites (N-methyl/N-ethyl adjacent to an activating group) is 1. The maximum atomic E-state index is 13.8. The number of nitrogens with one attached hydrogen (secondary N) is 2. The molecule has 0 saturated heterocycles. The van der Waals surface area contributed by atoms with Crippen molar-refractivity contribution in [2.24, 2.45) is 0 Å². The number of hydrogen-bond acceptors (Lipinski definition) is 5. The number of aryl methyl sites for hydroxylation is 1. The van der Waals surface area contributed by atoms with Crippen molar-refractivity contribution in [3.8, 4) is 11.8 Å². The minimum Gasteiger partial charge on any atom is -0.496 e. The molecule has 3 aromatic rings. The second-order valence-corrected chi connectivity index (χ2v) is 8.46. The van der Waals surface area contributed by atoms with Crippen LogP contribution in [-0.2, 0) is 22.6 Å². The molecule has 7 heteroatoms. The van der Waals surface area contributed by atoms with E-state index in [1.807, 2.05) is 48.5 Å². The Hall–Kier alpha value is -3.89. The molecule has 0 aromatic heterocycles. The number of rotatable bonds is 6. The smallest absolute Gasteiger partial charge is 0.249 e. The second-order valence-electron chi connectivity index (χ2n) is 8.46. The maximum Gasteiger partial charge on any atom is 0.249 e. The number of methoxy groups -OCH3 is 1. The normalized spacial score (nSPS) is 16.4. The zero-order chi connectivity index (χ0) is 24.2. The highest BCUT2D eigenvalue weighted by Crippen LogP contribution is 2.34. The van der Waals surface area contributed by atoms with Gasteiger partial charge in [0.15, 0.2) is 0 Å². The highest BCUT2D eigenvalue weighted by molar-refractivity contribution is 6.01. The number of para-hydroxylation sites is 1. The van der Waals surface area contributed by atoms with Crippen molar-refractivity contribution in [1.82, 2.24) is 10.6 Å². The first-order chi connectivity index (χ1) is 16.5. The summed E-state index contributed by atoms with van der Waals surface area (Å²) in [5.41, 5.74) is 3.22. The first kappa shape index (κ1) is 23.3. The number of ether oxygens (including phenoxy) is 1. The van der Waals surface area contributed by atoms with E-state index >= 15 is 0 Å². The summed E-state index contributed by atoms with van der Waals surface area (Å²) in [6.45, 7) is 2.01. The van der Waals surface area contributed by atoms with Crippen LogP contribution in [0.15, 0.2) is 54.6 Å². The van der Waals surface area contributed by atoms with Crippen LogP contribution in [0.25, 0.3) is 10.8 Å². The minimum atomic E-state index is -0.647. The molecule has 1 heterocycles. The highest BCUT2D eigenvalue weighted by Gasteiger charge is 2.33. The summed E-state index contributed by atoms with van der Waals surface area (Å²) in [7, 11) is 3.31. The second kappa shape index (κ2) is 9.94. The Labute approximate surface area is 199 Å². The number of carbonyl (C=O) groups is 2. The van der Waals surface area contributed by atoms with Crippen molar-refractivity contribution >= 4 is 28.3 Å². The van der Waals surface area contributed by atoms with Gasteiger partial charge in [-0.2, -0.15) is 5.26 Å². The molecular formula is C27H28N4O3. The molecule has 1 aliphatic rings. The van der Waals surface area contributed by atoms with E-state index in [4.69, 9.17) is 4.74 Å². The molecular weight excluding hydrogens is 428 g/mol. The van der Waals surface area contributed by atoms with E-state index in [-0.39, 0.29) is 18.4 Å². The lowest BCUT2D eigenvalue weighted by molar-refractivity contribution is -0.128. The number of fused-ring (bicyclic) bond motifs is 2. The van der Waals surface area contributed by atoms with Crippen LogP contribution in [0.5, 0.6) is 5.75 Å². The van der Waals surface area contributed by atoms with E-state index in [1.54, 1.807) is 32.0 Å². The zero-order valence-corrected chi connectivity index (χ0v) is 19.6. The van der Waals surface area contributed by atoms with Gasteiger partial charge in [0.2, 0.25) is 11.8 Å². The van der Waals surface area contributed by atoms with Crippen LogP contribution in [0.3, 0.4) is 0 Å². The van der Waals surface area contributed by atoms with Crippen LogP contribution in [0.1, 0.15) is 30.0 Å². The van der Waals surface area contributed by atoms with Crippen molar-refractivity contribution in [2.75, 3.05) is 19.1 Å². The summed E-state index contributed by atoms with van der Waals surface area (Å²) < 4.78 is 5.66. The minimum absolute atomic E-state index is 0.169. The number of anilines is 1. The molecule has 3 aromatic carbocycles. The molecule has 2 N–H and O–H groups in total. The summed E-state index contributed by atoms with van der Waals surface area (Å²) >= 11 is 0. The van der Waals surface area contributed by atoms with Gasteiger partial charge < -0.3 is 20.3 Å². The fraction of sp³-hybridized carbons (Fsp3) is 0.296. The standard InChI is InChI=1S/C27H28N4O3/c1-17(29-2)26(32)30-23-12-10-20-6-4-5-7-24(20)31(27(23)33)16-22-21-14-18(15-28)8-9-19(21)11-13-25(22)34-3/h4-9,11,13-14,17,23,29H,10,12,16H2,1-3H3,(H,30,32). The maximum absolute atomic E-state index is 13.8. The molecule has 174 valence electrons. The van der Waals surface area contributed by atoms with Gasteiger partial charge in [0, 0.05) is 11.3 Å². The molecule has 0 aliphatic carbocycles. The number of benzene rings is 3. The van der Waals surface area contributed by atoms with Gasteiger partial charge in [0.1, 0.15) is 11.8 Å². The number of hydrogen-bond donors (Lipinski definition) is 2. The Morgan fingerprint density at radius 1 is 1.24 bits per heavy atom. The van der Waals surface area contributed by atoms with Crippen LogP contribution in [0.4, 0.5) is 5.69 Å². The van der Waals surface area contributed by atoms with Crippen molar-refractivity contribution in [1.29, 1.82) is 5.26 Å². The van der Waals surface area contributed by atoms with Crippen LogP contribution in [0.2, 0.25) is 0 Å². The van der Waals surface area contributed by atoms with Crippen LogP contribution in [0, 0.1) is 11.3 Å². The molecule has 4 rings (SSSR count). The fourth-order valence-electron chi connectivity index (χ4n) is 4.38. The average Bonchev–Trinajstić information content (AvgIpc) is 3.00. The summed E-state index contributed by atoms with van der Waals surface area (Å²) in [4.78, 5) is 28.1. The topological polar surface area (TPSA) is 94.5 Å². The van der Waals surface area contributed by atoms with Gasteiger partial charge in [-0.05, 0) is 67.4 Å². The van der Waals surface area contributed by atoms with Crippen LogP contribution in [-0.4, -0.2) is 38.1 Å². The van der Waals surface area contributed by atoms with E-state index < -0.39 is 12.1 Å². The largest absolute Gasteiger partial charge is 0.496 e. The summed E-state index contributed by atoms with van der Waals surface area (Å²) in [6.07, 6.45) is 1.18. The first-order valence-electron chi connectivity index (χ1n) is 11.3. The van der Waals surface area contributed by atoms with Gasteiger partial charge >= 0.3 is 0 Å². The van der Waals surface area contributed by atoms with Gasteiger partial charge in [-0.25, -0.2) is 0 Å². The lowest BCUT2D eigenvalue weighted by Crippen LogP contribution is -2.52. The number of nitrogens with zero attached hydrogens (tertiary/aromatic N) is 2. The Morgan fingerprint density at radius 2 is 2.00 bits per heavy atom. The fourth-order valence-corrected chi connectivity index (χ4v) is 4.38. The van der Waals surface area contributed by atoms with Gasteiger partial charge in [-0.3, -0.25) is 9.59 Å². The lowest BCUT2D eigenvalue weighted by atomic mass is 10.00. The van der Waals surface area contributed by atoms with Gasteiger partial charge in [-0.15, -0.1) is 0 Å². The number of nitriles is 1. The molecule has 0 spiro atoms. The summed E-state index contributed by atoms with van der Waals surface area (Å²) in [5.74, 6) is 0.256. The Kier molecular flexibility index (Phi) is 6.80. The van der Waals surface area contributed by atoms with Gasteiger partial charge in [0.25, 0.3) is 0 Å². The van der Waals surface area contributed by atoms with Crippen molar-refractivity contribution < 1.29 is 14.3 Å². The molecule has 2 amide bonds. The Bertz CT molecular complexity index is 1280. The first-order valence-corrected chi connectivity index (χ1v) is 11.3. The van der Waals surface area contributed by atoms with Gasteiger partial charge in [0.05, 0.1) is 31.3 Å². The van der Waals surface area contributed by atoms with E-state index in [0.29, 0.717) is 24.2 Å². The predicted octanol–water partition coefficient (Wildman–Crippen LogP) is 3.29. The quantitative estimate of drug-likeness (QED) is 0.594. The van der Waals surface area contributed by atoms with Crippen molar-refractivity contribution in [2.45, 2.75) is 38.4 Å². The van der Waals surface area contributed by atoms with Crippen LogP contribution < -0.4 is 20.3 Å². The predicted molar refractivity (Wildman–Crippen MR) is 132 cm³/mol. The SMILES string of the molecule is CNC(C)C(=O)NC1CCc2ccccc2N(Cc2c(OC)ccc3ccc(C#N)cc23)C1=O. The Morgan fingerprint density at radius 3 is 2.74 bits per heavy atom. The third-order valence-corrected chi connectivity index (χ3v) is 6.45. The molecule has 7 nitrogen and oxygen atoms in total. The molecule has 2 unspecified atom stereocenters. The third kappa shape index (κ3) is 4.45. The summed E-state index contributed by atoms with van der Waals surface area (Å²) in [5, 5.41) is 17.1. The molecule has 1 aliphatic heterocycles. The lowest BCUT2D eigenvalue weighted by Gasteiger charge is -2.28. The third-order valence-electron chi connectivity index (χ3n) is 6.45. The van der Waals surface area contributed by atoms with Crippen molar-refractivity contribution in [3.05, 3.63) is 71.3 Å². The van der Waals surface area contributed by atoms with E-state index in [9.17, 15) is 14.9 Å². The number of carbonyl (C=O) groups excluding carboxylic acids is 2. The summed E-state index contributed by atoms with van der Waals surface area (Å²) in [6, 6.07) is 18.3. The molecule has 0 fully saturated rings. The molecule has 0 radical (unpaired) electrons. The number of amides is 2. The van der Waals surface area contributed by atoms with E-state index in [0.717, 1.165) is 27.6 Å². The monoisotopic (exact) mass is 456 g/mol. The van der Waals surface area contributed by atoms with Crippen molar-refractivity contribution in [3.63, 3.8) is 0 Å². The highest BCUT2D eigenvalue weighted by atomic mass is 16.5. The van der Waals surface area contributed by atoms with E-state index in [1.165, 1.54) is 0 Å². The van der Waals surface area contributed by atoms with Gasteiger partial charge in [-0.1, -0.05) is 30.3 Å². The molecule has 34 heavy (non-hydrogen) atoms.